The number of hydrogen-bond donors (Lipinski definition) is 1. The lowest BCUT2D eigenvalue weighted by molar-refractivity contribution is 0.763. The molecule has 0 bridgehead atoms. The van der Waals surface area contributed by atoms with Crippen LogP contribution in [0.25, 0.3) is 11.5 Å². The van der Waals surface area contributed by atoms with Gasteiger partial charge in [0.15, 0.2) is 5.82 Å². The van der Waals surface area contributed by atoms with E-state index in [2.05, 4.69) is 15.1 Å². The SMILES string of the molecule is CC(C)c1nc(-c2ccn(C)n2)[nH]c(=O)c1I. The van der Waals surface area contributed by atoms with Gasteiger partial charge in [-0.25, -0.2) is 4.98 Å². The Morgan fingerprint density at radius 3 is 2.71 bits per heavy atom. The Kier molecular flexibility index (Phi) is 3.32. The summed E-state index contributed by atoms with van der Waals surface area (Å²) in [6, 6.07) is 1.83. The van der Waals surface area contributed by atoms with Crippen molar-refractivity contribution in [1.82, 2.24) is 19.7 Å². The van der Waals surface area contributed by atoms with Crippen LogP contribution in [0.15, 0.2) is 17.1 Å². The van der Waals surface area contributed by atoms with Crippen LogP contribution in [0.5, 0.6) is 0 Å². The molecule has 0 aliphatic carbocycles. The smallest absolute Gasteiger partial charge is 0.264 e. The number of nitrogens with zero attached hydrogens (tertiary/aromatic N) is 3. The van der Waals surface area contributed by atoms with E-state index < -0.39 is 0 Å². The van der Waals surface area contributed by atoms with Crippen molar-refractivity contribution in [2.24, 2.45) is 7.05 Å². The summed E-state index contributed by atoms with van der Waals surface area (Å²) < 4.78 is 2.33. The average molecular weight is 344 g/mol. The summed E-state index contributed by atoms with van der Waals surface area (Å²) in [5.41, 5.74) is 1.39. The number of H-pyrrole nitrogens is 1. The average Bonchev–Trinajstić information content (AvgIpc) is 2.68. The van der Waals surface area contributed by atoms with Gasteiger partial charge in [0.25, 0.3) is 5.56 Å². The van der Waals surface area contributed by atoms with Gasteiger partial charge in [-0.2, -0.15) is 5.10 Å². The Bertz CT molecular complexity index is 600. The molecule has 6 heteroatoms. The number of aromatic amines is 1. The number of nitrogens with one attached hydrogen (secondary N) is 1. The Morgan fingerprint density at radius 2 is 2.18 bits per heavy atom. The van der Waals surface area contributed by atoms with Crippen LogP contribution in [0.4, 0.5) is 0 Å². The zero-order chi connectivity index (χ0) is 12.6. The maximum Gasteiger partial charge on any atom is 0.264 e. The lowest BCUT2D eigenvalue weighted by Crippen LogP contribution is -2.17. The zero-order valence-electron chi connectivity index (χ0n) is 9.86. The van der Waals surface area contributed by atoms with Crippen molar-refractivity contribution in [1.29, 1.82) is 0 Å². The second-order valence-electron chi connectivity index (χ2n) is 4.14. The third kappa shape index (κ3) is 2.41. The fourth-order valence-electron chi connectivity index (χ4n) is 1.52. The number of aromatic nitrogens is 4. The summed E-state index contributed by atoms with van der Waals surface area (Å²) in [5, 5.41) is 4.23. The molecule has 2 aromatic heterocycles. The van der Waals surface area contributed by atoms with Crippen molar-refractivity contribution in [3.05, 3.63) is 31.9 Å². The molecule has 2 heterocycles. The molecular formula is C11H13IN4O. The van der Waals surface area contributed by atoms with Crippen molar-refractivity contribution < 1.29 is 0 Å². The van der Waals surface area contributed by atoms with Crippen LogP contribution in [0.1, 0.15) is 25.5 Å². The monoisotopic (exact) mass is 344 g/mol. The Balaban J connectivity index is 2.61. The normalized spacial score (nSPS) is 11.1. The van der Waals surface area contributed by atoms with Gasteiger partial charge < -0.3 is 4.98 Å². The second kappa shape index (κ2) is 4.59. The third-order valence-electron chi connectivity index (χ3n) is 2.39. The van der Waals surface area contributed by atoms with Crippen molar-refractivity contribution in [3.8, 4) is 11.5 Å². The highest BCUT2D eigenvalue weighted by molar-refractivity contribution is 14.1. The fraction of sp³-hybridized carbons (Fsp3) is 0.364. The molecule has 0 amide bonds. The first-order chi connectivity index (χ1) is 7.99. The van der Waals surface area contributed by atoms with Gasteiger partial charge in [-0.05, 0) is 34.6 Å². The standard InChI is InChI=1S/C11H13IN4O/c1-6(2)9-8(12)11(17)14-10(13-9)7-4-5-16(3)15-7/h4-6H,1-3H3,(H,13,14,17). The predicted octanol–water partition coefficient (Wildman–Crippen LogP) is 1.90. The molecule has 0 saturated heterocycles. The van der Waals surface area contributed by atoms with Crippen LogP contribution in [0.2, 0.25) is 0 Å². The van der Waals surface area contributed by atoms with Crippen LogP contribution < -0.4 is 5.56 Å². The van der Waals surface area contributed by atoms with Gasteiger partial charge in [0.2, 0.25) is 0 Å². The highest BCUT2D eigenvalue weighted by Crippen LogP contribution is 2.19. The molecule has 2 rings (SSSR count). The van der Waals surface area contributed by atoms with Gasteiger partial charge in [-0.3, -0.25) is 9.48 Å². The summed E-state index contributed by atoms with van der Waals surface area (Å²) in [5.74, 6) is 0.742. The first kappa shape index (κ1) is 12.3. The molecule has 0 aliphatic heterocycles. The van der Waals surface area contributed by atoms with Gasteiger partial charge in [0, 0.05) is 13.2 Å². The van der Waals surface area contributed by atoms with Crippen molar-refractivity contribution in [2.75, 3.05) is 0 Å². The van der Waals surface area contributed by atoms with E-state index in [1.807, 2.05) is 55.7 Å². The number of rotatable bonds is 2. The van der Waals surface area contributed by atoms with Crippen LogP contribution in [0.3, 0.4) is 0 Å². The molecule has 2 aromatic rings. The molecule has 0 aromatic carbocycles. The van der Waals surface area contributed by atoms with E-state index in [1.54, 1.807) is 4.68 Å². The molecular weight excluding hydrogens is 331 g/mol. The van der Waals surface area contributed by atoms with Crippen molar-refractivity contribution in [3.63, 3.8) is 0 Å². The summed E-state index contributed by atoms with van der Waals surface area (Å²) in [6.07, 6.45) is 1.82. The molecule has 0 fully saturated rings. The molecule has 0 atom stereocenters. The molecule has 5 nitrogen and oxygen atoms in total. The first-order valence-corrected chi connectivity index (χ1v) is 6.36. The summed E-state index contributed by atoms with van der Waals surface area (Å²) in [6.45, 7) is 4.04. The van der Waals surface area contributed by atoms with E-state index in [0.29, 0.717) is 15.1 Å². The molecule has 0 saturated carbocycles. The molecule has 90 valence electrons. The van der Waals surface area contributed by atoms with E-state index >= 15 is 0 Å². The zero-order valence-corrected chi connectivity index (χ0v) is 12.0. The van der Waals surface area contributed by atoms with E-state index in [0.717, 1.165) is 5.69 Å². The molecule has 1 N–H and O–H groups in total. The van der Waals surface area contributed by atoms with Crippen molar-refractivity contribution >= 4 is 22.6 Å². The van der Waals surface area contributed by atoms with E-state index in [1.165, 1.54) is 0 Å². The largest absolute Gasteiger partial charge is 0.304 e. The van der Waals surface area contributed by atoms with E-state index in [4.69, 9.17) is 0 Å². The minimum Gasteiger partial charge on any atom is -0.304 e. The van der Waals surface area contributed by atoms with Gasteiger partial charge in [-0.15, -0.1) is 0 Å². The molecule has 0 aliphatic rings. The third-order valence-corrected chi connectivity index (χ3v) is 3.43. The van der Waals surface area contributed by atoms with Crippen LogP contribution >= 0.6 is 22.6 Å². The summed E-state index contributed by atoms with van der Waals surface area (Å²) in [7, 11) is 1.83. The highest BCUT2D eigenvalue weighted by Gasteiger charge is 2.14. The number of halogens is 1. The molecule has 17 heavy (non-hydrogen) atoms. The highest BCUT2D eigenvalue weighted by atomic mass is 127. The second-order valence-corrected chi connectivity index (χ2v) is 5.22. The quantitative estimate of drug-likeness (QED) is 0.847. The molecule has 0 unspecified atom stereocenters. The number of aryl methyl sites for hydroxylation is 1. The minimum absolute atomic E-state index is 0.107. The maximum absolute atomic E-state index is 11.8. The molecule has 0 spiro atoms. The molecule has 0 radical (unpaired) electrons. The maximum atomic E-state index is 11.8. The predicted molar refractivity (Wildman–Crippen MR) is 73.9 cm³/mol. The van der Waals surface area contributed by atoms with Crippen LogP contribution in [-0.4, -0.2) is 19.7 Å². The lowest BCUT2D eigenvalue weighted by Gasteiger charge is -2.07. The Morgan fingerprint density at radius 1 is 1.47 bits per heavy atom. The first-order valence-electron chi connectivity index (χ1n) is 5.28. The summed E-state index contributed by atoms with van der Waals surface area (Å²) >= 11 is 2.03. The minimum atomic E-state index is -0.107. The van der Waals surface area contributed by atoms with Gasteiger partial charge in [-0.1, -0.05) is 13.8 Å². The topological polar surface area (TPSA) is 63.6 Å². The Labute approximate surface area is 112 Å². The van der Waals surface area contributed by atoms with Gasteiger partial charge in [0.1, 0.15) is 5.69 Å². The van der Waals surface area contributed by atoms with E-state index in [-0.39, 0.29) is 11.5 Å². The summed E-state index contributed by atoms with van der Waals surface area (Å²) in [4.78, 5) is 19.0. The van der Waals surface area contributed by atoms with Gasteiger partial charge >= 0.3 is 0 Å². The number of hydrogen-bond acceptors (Lipinski definition) is 3. The Hall–Kier alpha value is -1.18. The lowest BCUT2D eigenvalue weighted by atomic mass is 10.1. The van der Waals surface area contributed by atoms with Crippen LogP contribution in [-0.2, 0) is 7.05 Å². The van der Waals surface area contributed by atoms with Crippen LogP contribution in [0, 0.1) is 3.57 Å². The fourth-order valence-corrected chi connectivity index (χ4v) is 2.40. The van der Waals surface area contributed by atoms with Gasteiger partial charge in [0.05, 0.1) is 9.26 Å². The van der Waals surface area contributed by atoms with Crippen molar-refractivity contribution in [2.45, 2.75) is 19.8 Å². The van der Waals surface area contributed by atoms with E-state index in [9.17, 15) is 4.79 Å².